The summed E-state index contributed by atoms with van der Waals surface area (Å²) in [5, 5.41) is 0. The van der Waals surface area contributed by atoms with Crippen LogP contribution in [0.25, 0.3) is 0 Å². The maximum atomic E-state index is 6.26. The summed E-state index contributed by atoms with van der Waals surface area (Å²) in [7, 11) is 2.21. The average Bonchev–Trinajstić information content (AvgIpc) is 2.13. The van der Waals surface area contributed by atoms with E-state index < -0.39 is 0 Å². The zero-order chi connectivity index (χ0) is 11.2. The minimum atomic E-state index is 0.518. The Morgan fingerprint density at radius 3 is 2.53 bits per heavy atom. The molecule has 2 heteroatoms. The maximum absolute atomic E-state index is 6.26. The summed E-state index contributed by atoms with van der Waals surface area (Å²) in [6, 6.07) is 0. The first kappa shape index (κ1) is 10.7. The van der Waals surface area contributed by atoms with Gasteiger partial charge in [-0.25, -0.2) is 4.58 Å². The summed E-state index contributed by atoms with van der Waals surface area (Å²) in [5.41, 5.74) is 10.4. The molecule has 0 aromatic rings. The van der Waals surface area contributed by atoms with Crippen LogP contribution >= 0.6 is 0 Å². The van der Waals surface area contributed by atoms with Gasteiger partial charge in [-0.05, 0) is 18.3 Å². The molecule has 2 nitrogen and oxygen atoms in total. The first-order valence-electron chi connectivity index (χ1n) is 6.07. The van der Waals surface area contributed by atoms with Gasteiger partial charge in [-0.1, -0.05) is 20.8 Å². The van der Waals surface area contributed by atoms with Crippen molar-refractivity contribution < 1.29 is 4.58 Å². The number of allylic oxidation sites excluding steroid dienone is 1. The van der Waals surface area contributed by atoms with Crippen molar-refractivity contribution in [1.29, 1.82) is 0 Å². The molecule has 0 amide bonds. The Balaban J connectivity index is 2.45. The van der Waals surface area contributed by atoms with Crippen LogP contribution in [0.2, 0.25) is 0 Å². The molecular weight excluding hydrogens is 184 g/mol. The fourth-order valence-electron chi connectivity index (χ4n) is 3.23. The van der Waals surface area contributed by atoms with Crippen LogP contribution in [0.5, 0.6) is 0 Å². The highest BCUT2D eigenvalue weighted by Gasteiger charge is 2.37. The fourth-order valence-corrected chi connectivity index (χ4v) is 3.23. The lowest BCUT2D eigenvalue weighted by molar-refractivity contribution is -0.506. The summed E-state index contributed by atoms with van der Waals surface area (Å²) in [6.07, 6.45) is 2.50. The number of nitrogens with two attached hydrogens (primary N) is 1. The minimum Gasteiger partial charge on any atom is -0.401 e. The second-order valence-corrected chi connectivity index (χ2v) is 5.54. The van der Waals surface area contributed by atoms with Gasteiger partial charge < -0.3 is 5.73 Å². The second-order valence-electron chi connectivity index (χ2n) is 5.54. The number of nitrogens with zero attached hydrogens (tertiary/aromatic N) is 1. The molecule has 2 N–H and O–H groups in total. The lowest BCUT2D eigenvalue weighted by Crippen LogP contribution is -2.39. The molecule has 1 heterocycles. The standard InChI is InChI=1S/C13H22N2/c1-8-5-9(2)12-11(6-8)15(4)7-10(3)13(12)14/h8-10,14H,5-7H2,1-4H3/p+1. The van der Waals surface area contributed by atoms with Crippen LogP contribution in [-0.4, -0.2) is 23.9 Å². The molecule has 3 unspecified atom stereocenters. The Labute approximate surface area is 92.9 Å². The largest absolute Gasteiger partial charge is 0.401 e. The molecule has 84 valence electrons. The zero-order valence-corrected chi connectivity index (χ0v) is 10.4. The normalized spacial score (nSPS) is 36.9. The molecule has 1 fully saturated rings. The highest BCUT2D eigenvalue weighted by Crippen LogP contribution is 2.35. The minimum absolute atomic E-state index is 0.518. The first-order valence-corrected chi connectivity index (χ1v) is 6.07. The third kappa shape index (κ3) is 1.70. The van der Waals surface area contributed by atoms with Gasteiger partial charge in [-0.2, -0.15) is 0 Å². The summed E-state index contributed by atoms with van der Waals surface area (Å²) in [5.74, 6) is 1.97. The molecule has 0 radical (unpaired) electrons. The van der Waals surface area contributed by atoms with E-state index in [1.807, 2.05) is 0 Å². The van der Waals surface area contributed by atoms with Crippen molar-refractivity contribution in [2.75, 3.05) is 13.6 Å². The van der Waals surface area contributed by atoms with E-state index in [-0.39, 0.29) is 0 Å². The van der Waals surface area contributed by atoms with Crippen LogP contribution in [0, 0.1) is 17.8 Å². The highest BCUT2D eigenvalue weighted by molar-refractivity contribution is 5.98. The summed E-state index contributed by atoms with van der Waals surface area (Å²) >= 11 is 0. The molecule has 3 atom stereocenters. The Morgan fingerprint density at radius 2 is 1.87 bits per heavy atom. The molecular formula is C13H23N2+. The van der Waals surface area contributed by atoms with Gasteiger partial charge in [0.2, 0.25) is 0 Å². The topological polar surface area (TPSA) is 29.0 Å². The molecule has 2 rings (SSSR count). The van der Waals surface area contributed by atoms with E-state index in [0.29, 0.717) is 11.8 Å². The Kier molecular flexibility index (Phi) is 2.61. The van der Waals surface area contributed by atoms with Gasteiger partial charge in [0, 0.05) is 17.7 Å². The van der Waals surface area contributed by atoms with Gasteiger partial charge in [0.15, 0.2) is 12.3 Å². The molecule has 1 saturated carbocycles. The van der Waals surface area contributed by atoms with Crippen LogP contribution in [0.1, 0.15) is 33.6 Å². The number of hydrogen-bond acceptors (Lipinski definition) is 1. The third-order valence-electron chi connectivity index (χ3n) is 3.95. The lowest BCUT2D eigenvalue weighted by Gasteiger charge is -2.32. The number of rotatable bonds is 0. The molecule has 15 heavy (non-hydrogen) atoms. The van der Waals surface area contributed by atoms with E-state index in [9.17, 15) is 0 Å². The number of hydrogen-bond donors (Lipinski definition) is 1. The molecule has 2 aliphatic rings. The van der Waals surface area contributed by atoms with E-state index in [4.69, 9.17) is 5.73 Å². The van der Waals surface area contributed by atoms with Gasteiger partial charge in [-0.3, -0.25) is 0 Å². The zero-order valence-electron chi connectivity index (χ0n) is 10.4. The van der Waals surface area contributed by atoms with Gasteiger partial charge >= 0.3 is 0 Å². The Morgan fingerprint density at radius 1 is 1.20 bits per heavy atom. The molecule has 0 spiro atoms. The fraction of sp³-hybridized carbons (Fsp3) is 0.769. The second kappa shape index (κ2) is 3.66. The highest BCUT2D eigenvalue weighted by atomic mass is 15.0. The van der Waals surface area contributed by atoms with E-state index in [1.165, 1.54) is 24.1 Å². The molecule has 0 aromatic carbocycles. The summed E-state index contributed by atoms with van der Waals surface area (Å²) < 4.78 is 2.42. The monoisotopic (exact) mass is 207 g/mol. The van der Waals surface area contributed by atoms with Gasteiger partial charge in [-0.15, -0.1) is 0 Å². The quantitative estimate of drug-likeness (QED) is 0.605. The van der Waals surface area contributed by atoms with E-state index in [0.717, 1.165) is 18.2 Å². The smallest absolute Gasteiger partial charge is 0.181 e. The molecule has 0 aromatic heterocycles. The third-order valence-corrected chi connectivity index (χ3v) is 3.95. The SMILES string of the molecule is CC1CC2=[N+](C)CC(C)C(N)=C2C(C)C1. The molecule has 0 saturated heterocycles. The van der Waals surface area contributed by atoms with E-state index >= 15 is 0 Å². The van der Waals surface area contributed by atoms with Crippen molar-refractivity contribution >= 4 is 5.71 Å². The van der Waals surface area contributed by atoms with Crippen molar-refractivity contribution in [2.24, 2.45) is 23.5 Å². The Hall–Kier alpha value is -0.790. The van der Waals surface area contributed by atoms with Crippen molar-refractivity contribution in [3.05, 3.63) is 11.3 Å². The summed E-state index contributed by atoms with van der Waals surface area (Å²) in [4.78, 5) is 0. The van der Waals surface area contributed by atoms with Crippen molar-refractivity contribution in [3.63, 3.8) is 0 Å². The Bertz CT molecular complexity index is 338. The lowest BCUT2D eigenvalue weighted by atomic mass is 9.74. The molecule has 1 aliphatic heterocycles. The van der Waals surface area contributed by atoms with Crippen molar-refractivity contribution in [3.8, 4) is 0 Å². The molecule has 0 bridgehead atoms. The van der Waals surface area contributed by atoms with Crippen molar-refractivity contribution in [1.82, 2.24) is 0 Å². The molecule has 1 aliphatic carbocycles. The average molecular weight is 207 g/mol. The van der Waals surface area contributed by atoms with Gasteiger partial charge in [0.25, 0.3) is 0 Å². The van der Waals surface area contributed by atoms with E-state index in [1.54, 1.807) is 0 Å². The van der Waals surface area contributed by atoms with E-state index in [2.05, 4.69) is 32.4 Å². The van der Waals surface area contributed by atoms with Crippen LogP contribution in [0.3, 0.4) is 0 Å². The van der Waals surface area contributed by atoms with Crippen LogP contribution in [0.15, 0.2) is 11.3 Å². The summed E-state index contributed by atoms with van der Waals surface area (Å²) in [6.45, 7) is 8.00. The van der Waals surface area contributed by atoms with Crippen LogP contribution in [-0.2, 0) is 0 Å². The predicted molar refractivity (Wildman–Crippen MR) is 64.0 cm³/mol. The predicted octanol–water partition coefficient (Wildman–Crippen LogP) is 2.00. The van der Waals surface area contributed by atoms with Gasteiger partial charge in [0.05, 0.1) is 5.92 Å². The van der Waals surface area contributed by atoms with Crippen LogP contribution in [0.4, 0.5) is 0 Å². The first-order chi connectivity index (χ1) is 7.00. The van der Waals surface area contributed by atoms with Crippen molar-refractivity contribution in [2.45, 2.75) is 33.6 Å². The maximum Gasteiger partial charge on any atom is 0.181 e. The number of fused-ring (bicyclic) bond motifs is 1. The van der Waals surface area contributed by atoms with Gasteiger partial charge in [0.1, 0.15) is 7.05 Å². The van der Waals surface area contributed by atoms with Crippen LogP contribution < -0.4 is 5.73 Å².